The van der Waals surface area contributed by atoms with Crippen LogP contribution in [0.4, 0.5) is 10.1 Å². The average Bonchev–Trinajstić information content (AvgIpc) is 2.52. The number of H-pyrrole nitrogens is 1. The Labute approximate surface area is 129 Å². The lowest BCUT2D eigenvalue weighted by molar-refractivity contribution is -0.116. The number of carbonyl (C=O) groups is 1. The maximum absolute atomic E-state index is 13.2. The van der Waals surface area contributed by atoms with Gasteiger partial charge in [0.1, 0.15) is 6.54 Å². The Hall–Kier alpha value is -3.10. The summed E-state index contributed by atoms with van der Waals surface area (Å²) in [5.41, 5.74) is -1.60. The number of carbonyl (C=O) groups excluding carboxylic acids is 1. The van der Waals surface area contributed by atoms with Crippen LogP contribution in [0, 0.1) is 5.82 Å². The minimum atomic E-state index is -1.15. The fourth-order valence-corrected chi connectivity index (χ4v) is 1.87. The van der Waals surface area contributed by atoms with Gasteiger partial charge in [-0.15, -0.1) is 0 Å². The summed E-state index contributed by atoms with van der Waals surface area (Å²) in [6.07, 6.45) is 0.676. The molecule has 9 heteroatoms. The molecule has 0 radical (unpaired) electrons. The normalized spacial score (nSPS) is 10.2. The molecule has 0 saturated heterocycles. The van der Waals surface area contributed by atoms with Crippen molar-refractivity contribution in [1.29, 1.82) is 0 Å². The predicted octanol–water partition coefficient (Wildman–Crippen LogP) is 0.332. The maximum atomic E-state index is 13.2. The van der Waals surface area contributed by atoms with Crippen molar-refractivity contribution in [1.82, 2.24) is 9.55 Å². The number of halogens is 1. The number of amides is 1. The first kappa shape index (κ1) is 16.3. The van der Waals surface area contributed by atoms with Gasteiger partial charge < -0.3 is 14.8 Å². The number of hydrogen-bond acceptors (Lipinski definition) is 5. The van der Waals surface area contributed by atoms with Crippen molar-refractivity contribution >= 4 is 11.6 Å². The van der Waals surface area contributed by atoms with Crippen molar-refractivity contribution in [3.05, 3.63) is 51.1 Å². The highest BCUT2D eigenvalue weighted by atomic mass is 19.1. The van der Waals surface area contributed by atoms with E-state index in [9.17, 15) is 18.8 Å². The van der Waals surface area contributed by atoms with Crippen LogP contribution in [0.15, 0.2) is 34.0 Å². The standard InChI is InChI=1S/C14H14FN3O5/c1-22-10-4-3-8(5-11(10)23-2)16-12(19)7-18-6-9(15)13(20)17-14(18)21/h3-6H,7H2,1-2H3,(H,16,19)(H,17,20,21). The predicted molar refractivity (Wildman–Crippen MR) is 79.5 cm³/mol. The van der Waals surface area contributed by atoms with E-state index < -0.39 is 29.5 Å². The molecule has 2 aromatic rings. The summed E-state index contributed by atoms with van der Waals surface area (Å²) in [6.45, 7) is -0.457. The highest BCUT2D eigenvalue weighted by molar-refractivity contribution is 5.90. The van der Waals surface area contributed by atoms with Gasteiger partial charge in [0.25, 0.3) is 5.56 Å². The molecule has 0 unspecified atom stereocenters. The van der Waals surface area contributed by atoms with E-state index in [1.54, 1.807) is 17.1 Å². The second kappa shape index (κ2) is 6.77. The third-order valence-corrected chi connectivity index (χ3v) is 2.95. The highest BCUT2D eigenvalue weighted by Crippen LogP contribution is 2.29. The summed E-state index contributed by atoms with van der Waals surface area (Å²) >= 11 is 0. The second-order valence-corrected chi connectivity index (χ2v) is 4.48. The monoisotopic (exact) mass is 323 g/mol. The molecule has 8 nitrogen and oxygen atoms in total. The van der Waals surface area contributed by atoms with E-state index >= 15 is 0 Å². The van der Waals surface area contributed by atoms with Crippen LogP contribution in [0.1, 0.15) is 0 Å². The van der Waals surface area contributed by atoms with E-state index in [2.05, 4.69) is 5.32 Å². The van der Waals surface area contributed by atoms with Crippen molar-refractivity contribution in [3.63, 3.8) is 0 Å². The lowest BCUT2D eigenvalue weighted by Gasteiger charge is -2.11. The molecular weight excluding hydrogens is 309 g/mol. The third kappa shape index (κ3) is 3.76. The van der Waals surface area contributed by atoms with Crippen molar-refractivity contribution in [2.75, 3.05) is 19.5 Å². The van der Waals surface area contributed by atoms with Crippen LogP contribution in [0.25, 0.3) is 0 Å². The Morgan fingerprint density at radius 3 is 2.61 bits per heavy atom. The molecule has 0 aliphatic carbocycles. The van der Waals surface area contributed by atoms with Gasteiger partial charge in [0.05, 0.1) is 20.4 Å². The zero-order valence-electron chi connectivity index (χ0n) is 12.4. The molecule has 1 amide bonds. The van der Waals surface area contributed by atoms with Gasteiger partial charge in [0.15, 0.2) is 11.5 Å². The van der Waals surface area contributed by atoms with Crippen LogP contribution in [0.3, 0.4) is 0 Å². The van der Waals surface area contributed by atoms with Crippen LogP contribution in [0.5, 0.6) is 11.5 Å². The topological polar surface area (TPSA) is 102 Å². The van der Waals surface area contributed by atoms with Gasteiger partial charge in [-0.1, -0.05) is 0 Å². The molecule has 0 atom stereocenters. The quantitative estimate of drug-likeness (QED) is 0.825. The van der Waals surface area contributed by atoms with E-state index in [1.807, 2.05) is 0 Å². The smallest absolute Gasteiger partial charge is 0.328 e. The van der Waals surface area contributed by atoms with Gasteiger partial charge in [0, 0.05) is 11.8 Å². The molecule has 2 rings (SSSR count). The number of nitrogens with one attached hydrogen (secondary N) is 2. The van der Waals surface area contributed by atoms with Gasteiger partial charge in [0.2, 0.25) is 11.7 Å². The van der Waals surface area contributed by atoms with Crippen LogP contribution in [-0.2, 0) is 11.3 Å². The molecule has 2 N–H and O–H groups in total. The number of aromatic amines is 1. The van der Waals surface area contributed by atoms with Crippen LogP contribution in [-0.4, -0.2) is 29.7 Å². The van der Waals surface area contributed by atoms with Gasteiger partial charge in [-0.2, -0.15) is 4.39 Å². The summed E-state index contributed by atoms with van der Waals surface area (Å²) in [4.78, 5) is 36.1. The Bertz CT molecular complexity index is 843. The van der Waals surface area contributed by atoms with E-state index in [4.69, 9.17) is 9.47 Å². The second-order valence-electron chi connectivity index (χ2n) is 4.48. The van der Waals surface area contributed by atoms with Crippen LogP contribution >= 0.6 is 0 Å². The number of methoxy groups -OCH3 is 2. The number of benzene rings is 1. The summed E-state index contributed by atoms with van der Waals surface area (Å²) in [5, 5.41) is 2.53. The molecule has 0 spiro atoms. The number of nitrogens with zero attached hydrogens (tertiary/aromatic N) is 1. The molecule has 1 aromatic heterocycles. The SMILES string of the molecule is COc1ccc(NC(=O)Cn2cc(F)c(=O)[nH]c2=O)cc1OC. The number of ether oxygens (including phenoxy) is 2. The van der Waals surface area contributed by atoms with Crippen molar-refractivity contribution < 1.29 is 18.7 Å². The summed E-state index contributed by atoms with van der Waals surface area (Å²) in [7, 11) is 2.93. The first-order chi connectivity index (χ1) is 10.9. The summed E-state index contributed by atoms with van der Waals surface area (Å²) in [6, 6.07) is 4.71. The minimum absolute atomic E-state index is 0.408. The lowest BCUT2D eigenvalue weighted by Crippen LogP contribution is -2.34. The Morgan fingerprint density at radius 1 is 1.26 bits per heavy atom. The van der Waals surface area contributed by atoms with E-state index in [-0.39, 0.29) is 0 Å². The fourth-order valence-electron chi connectivity index (χ4n) is 1.87. The summed E-state index contributed by atoms with van der Waals surface area (Å²) < 4.78 is 24.1. The molecule has 0 aliphatic heterocycles. The Balaban J connectivity index is 2.15. The molecule has 23 heavy (non-hydrogen) atoms. The maximum Gasteiger partial charge on any atom is 0.328 e. The van der Waals surface area contributed by atoms with E-state index in [1.165, 1.54) is 20.3 Å². The number of hydrogen-bond donors (Lipinski definition) is 2. The largest absolute Gasteiger partial charge is 0.493 e. The molecule has 0 bridgehead atoms. The van der Waals surface area contributed by atoms with Crippen LogP contribution in [0.2, 0.25) is 0 Å². The van der Waals surface area contributed by atoms with E-state index in [0.717, 1.165) is 4.57 Å². The summed E-state index contributed by atoms with van der Waals surface area (Å²) in [5.74, 6) is -0.823. The molecule has 0 aliphatic rings. The minimum Gasteiger partial charge on any atom is -0.493 e. The Morgan fingerprint density at radius 2 is 1.96 bits per heavy atom. The zero-order chi connectivity index (χ0) is 17.0. The molecule has 0 saturated carbocycles. The number of aromatic nitrogens is 2. The number of anilines is 1. The van der Waals surface area contributed by atoms with Crippen molar-refractivity contribution in [2.24, 2.45) is 0 Å². The molecule has 122 valence electrons. The van der Waals surface area contributed by atoms with E-state index in [0.29, 0.717) is 23.4 Å². The lowest BCUT2D eigenvalue weighted by atomic mass is 10.2. The zero-order valence-corrected chi connectivity index (χ0v) is 12.4. The molecular formula is C14H14FN3O5. The van der Waals surface area contributed by atoms with Crippen LogP contribution < -0.4 is 26.0 Å². The van der Waals surface area contributed by atoms with Gasteiger partial charge >= 0.3 is 5.69 Å². The number of rotatable bonds is 5. The Kier molecular flexibility index (Phi) is 4.79. The first-order valence-corrected chi connectivity index (χ1v) is 6.45. The average molecular weight is 323 g/mol. The fraction of sp³-hybridized carbons (Fsp3) is 0.214. The van der Waals surface area contributed by atoms with Crippen molar-refractivity contribution in [3.8, 4) is 11.5 Å². The first-order valence-electron chi connectivity index (χ1n) is 6.45. The third-order valence-electron chi connectivity index (χ3n) is 2.95. The van der Waals surface area contributed by atoms with Gasteiger partial charge in [-0.25, -0.2) is 4.79 Å². The van der Waals surface area contributed by atoms with Gasteiger partial charge in [-0.3, -0.25) is 19.1 Å². The van der Waals surface area contributed by atoms with Crippen molar-refractivity contribution in [2.45, 2.75) is 6.54 Å². The van der Waals surface area contributed by atoms with Gasteiger partial charge in [-0.05, 0) is 12.1 Å². The molecule has 1 aromatic carbocycles. The molecule has 0 fully saturated rings. The highest BCUT2D eigenvalue weighted by Gasteiger charge is 2.10. The molecule has 1 heterocycles.